The maximum atomic E-state index is 13.2. The number of sulfonamides is 1. The molecule has 1 N–H and O–H groups in total. The SMILES string of the molecule is CCCCCCCS(=O)(=O)c1ccc2c(c1)CCN2C(=O)c1cnccc1NS(C)(=O)=O. The van der Waals surface area contributed by atoms with Gasteiger partial charge >= 0.3 is 0 Å². The molecule has 32 heavy (non-hydrogen) atoms. The predicted octanol–water partition coefficient (Wildman–Crippen LogP) is 3.40. The maximum Gasteiger partial charge on any atom is 0.261 e. The molecule has 0 radical (unpaired) electrons. The van der Waals surface area contributed by atoms with Crippen molar-refractivity contribution in [2.24, 2.45) is 0 Å². The van der Waals surface area contributed by atoms with Crippen molar-refractivity contribution in [1.29, 1.82) is 0 Å². The Hall–Kier alpha value is -2.46. The molecule has 3 rings (SSSR count). The quantitative estimate of drug-likeness (QED) is 0.523. The topological polar surface area (TPSA) is 114 Å². The molecular weight excluding hydrogens is 450 g/mol. The van der Waals surface area contributed by atoms with E-state index in [4.69, 9.17) is 0 Å². The zero-order chi connectivity index (χ0) is 23.4. The molecule has 0 saturated heterocycles. The van der Waals surface area contributed by atoms with Crippen LogP contribution in [0.25, 0.3) is 0 Å². The van der Waals surface area contributed by atoms with Gasteiger partial charge in [0, 0.05) is 24.6 Å². The van der Waals surface area contributed by atoms with Crippen LogP contribution in [0.1, 0.15) is 54.9 Å². The number of sulfone groups is 1. The minimum Gasteiger partial charge on any atom is -0.308 e. The lowest BCUT2D eigenvalue weighted by Crippen LogP contribution is -2.30. The molecule has 0 bridgehead atoms. The highest BCUT2D eigenvalue weighted by molar-refractivity contribution is 7.92. The first kappa shape index (κ1) is 24.2. The average molecular weight is 480 g/mol. The number of unbranched alkanes of at least 4 members (excludes halogenated alkanes) is 4. The molecule has 0 saturated carbocycles. The summed E-state index contributed by atoms with van der Waals surface area (Å²) < 4.78 is 51.1. The fourth-order valence-electron chi connectivity index (χ4n) is 3.80. The molecule has 1 aromatic carbocycles. The van der Waals surface area contributed by atoms with Gasteiger partial charge in [-0.25, -0.2) is 16.8 Å². The Morgan fingerprint density at radius 2 is 1.84 bits per heavy atom. The first-order valence-corrected chi connectivity index (χ1v) is 14.3. The molecule has 0 fully saturated rings. The number of benzene rings is 1. The minimum absolute atomic E-state index is 0.119. The van der Waals surface area contributed by atoms with E-state index in [-0.39, 0.29) is 21.9 Å². The lowest BCUT2D eigenvalue weighted by molar-refractivity contribution is 0.0990. The number of carbonyl (C=O) groups is 1. The van der Waals surface area contributed by atoms with Crippen molar-refractivity contribution in [1.82, 2.24) is 4.98 Å². The van der Waals surface area contributed by atoms with Crippen LogP contribution in [-0.4, -0.2) is 46.3 Å². The van der Waals surface area contributed by atoms with E-state index in [0.29, 0.717) is 25.1 Å². The molecule has 0 aliphatic carbocycles. The largest absolute Gasteiger partial charge is 0.308 e. The third-order valence-corrected chi connectivity index (χ3v) is 7.80. The van der Waals surface area contributed by atoms with Gasteiger partial charge in [0.1, 0.15) is 0 Å². The van der Waals surface area contributed by atoms with Crippen LogP contribution in [0.5, 0.6) is 0 Å². The van der Waals surface area contributed by atoms with Crippen LogP contribution >= 0.6 is 0 Å². The van der Waals surface area contributed by atoms with Crippen LogP contribution in [0.15, 0.2) is 41.6 Å². The van der Waals surface area contributed by atoms with E-state index < -0.39 is 25.8 Å². The van der Waals surface area contributed by atoms with E-state index in [1.807, 2.05) is 0 Å². The molecule has 174 valence electrons. The summed E-state index contributed by atoms with van der Waals surface area (Å²) in [6, 6.07) is 6.29. The second-order valence-corrected chi connectivity index (χ2v) is 11.9. The van der Waals surface area contributed by atoms with Crippen molar-refractivity contribution in [3.63, 3.8) is 0 Å². The highest BCUT2D eigenvalue weighted by atomic mass is 32.2. The number of anilines is 2. The molecule has 2 heterocycles. The van der Waals surface area contributed by atoms with Gasteiger partial charge in [-0.3, -0.25) is 14.5 Å². The predicted molar refractivity (Wildman–Crippen MR) is 125 cm³/mol. The lowest BCUT2D eigenvalue weighted by Gasteiger charge is -2.19. The Morgan fingerprint density at radius 1 is 1.09 bits per heavy atom. The molecule has 8 nitrogen and oxygen atoms in total. The molecule has 1 aliphatic rings. The molecule has 2 aromatic rings. The summed E-state index contributed by atoms with van der Waals surface area (Å²) in [5.74, 6) is -0.275. The first-order chi connectivity index (χ1) is 15.1. The molecule has 0 spiro atoms. The molecule has 10 heteroatoms. The normalized spacial score (nSPS) is 13.8. The molecule has 1 amide bonds. The van der Waals surface area contributed by atoms with Crippen LogP contribution in [-0.2, 0) is 26.3 Å². The number of hydrogen-bond acceptors (Lipinski definition) is 6. The summed E-state index contributed by atoms with van der Waals surface area (Å²) in [6.45, 7) is 2.49. The summed E-state index contributed by atoms with van der Waals surface area (Å²) in [4.78, 5) is 18.9. The Morgan fingerprint density at radius 3 is 2.56 bits per heavy atom. The fraction of sp³-hybridized carbons (Fsp3) is 0.455. The van der Waals surface area contributed by atoms with E-state index in [1.165, 1.54) is 23.4 Å². The van der Waals surface area contributed by atoms with E-state index in [0.717, 1.165) is 37.5 Å². The van der Waals surface area contributed by atoms with Gasteiger partial charge in [0.25, 0.3) is 5.91 Å². The lowest BCUT2D eigenvalue weighted by atomic mass is 10.1. The minimum atomic E-state index is -3.57. The Kier molecular flexibility index (Phi) is 7.55. The van der Waals surface area contributed by atoms with Gasteiger partial charge in [-0.1, -0.05) is 32.6 Å². The van der Waals surface area contributed by atoms with Crippen LogP contribution in [0.2, 0.25) is 0 Å². The van der Waals surface area contributed by atoms with Crippen LogP contribution < -0.4 is 9.62 Å². The van der Waals surface area contributed by atoms with E-state index in [2.05, 4.69) is 16.6 Å². The second kappa shape index (κ2) is 9.99. The highest BCUT2D eigenvalue weighted by Gasteiger charge is 2.29. The summed E-state index contributed by atoms with van der Waals surface area (Å²) >= 11 is 0. The summed E-state index contributed by atoms with van der Waals surface area (Å²) in [5.41, 5.74) is 1.70. The van der Waals surface area contributed by atoms with Gasteiger partial charge in [-0.2, -0.15) is 0 Å². The van der Waals surface area contributed by atoms with Gasteiger partial charge in [-0.05, 0) is 42.7 Å². The van der Waals surface area contributed by atoms with Crippen molar-refractivity contribution < 1.29 is 21.6 Å². The van der Waals surface area contributed by atoms with Crippen molar-refractivity contribution in [3.05, 3.63) is 47.8 Å². The number of aromatic nitrogens is 1. The molecular formula is C22H29N3O5S2. The molecule has 1 aliphatic heterocycles. The van der Waals surface area contributed by atoms with E-state index >= 15 is 0 Å². The number of nitrogens with one attached hydrogen (secondary N) is 1. The van der Waals surface area contributed by atoms with Crippen molar-refractivity contribution in [2.75, 3.05) is 28.2 Å². The standard InChI is InChI=1S/C22H29N3O5S2/c1-3-4-5-6-7-14-32(29,30)18-8-9-21-17(15-18)11-13-25(21)22(26)19-16-23-12-10-20(19)24-31(2,27)28/h8-10,12,15-16H,3-7,11,13-14H2,1-2H3,(H,23,24). The number of hydrogen-bond donors (Lipinski definition) is 1. The number of nitrogens with zero attached hydrogens (tertiary/aromatic N) is 2. The number of fused-ring (bicyclic) bond motifs is 1. The zero-order valence-electron chi connectivity index (χ0n) is 18.4. The number of carbonyl (C=O) groups excluding carboxylic acids is 1. The van der Waals surface area contributed by atoms with Crippen LogP contribution in [0.3, 0.4) is 0 Å². The molecule has 0 atom stereocenters. The van der Waals surface area contributed by atoms with Gasteiger partial charge in [0.05, 0.1) is 28.2 Å². The first-order valence-electron chi connectivity index (χ1n) is 10.7. The average Bonchev–Trinajstić information content (AvgIpc) is 3.15. The van der Waals surface area contributed by atoms with Crippen LogP contribution in [0.4, 0.5) is 11.4 Å². The third-order valence-electron chi connectivity index (χ3n) is 5.41. The Labute approximate surface area is 190 Å². The Bertz CT molecular complexity index is 1190. The number of rotatable bonds is 10. The van der Waals surface area contributed by atoms with Gasteiger partial charge < -0.3 is 4.90 Å². The summed E-state index contributed by atoms with van der Waals surface area (Å²) in [6.07, 6.45) is 9.06. The summed E-state index contributed by atoms with van der Waals surface area (Å²) in [7, 11) is -6.94. The number of amides is 1. The zero-order valence-corrected chi connectivity index (χ0v) is 20.0. The number of pyridine rings is 1. The van der Waals surface area contributed by atoms with Gasteiger partial charge in [0.15, 0.2) is 9.84 Å². The summed E-state index contributed by atoms with van der Waals surface area (Å²) in [5, 5.41) is 0. The smallest absolute Gasteiger partial charge is 0.261 e. The van der Waals surface area contributed by atoms with Gasteiger partial charge in [0.2, 0.25) is 10.0 Å². The van der Waals surface area contributed by atoms with E-state index in [9.17, 15) is 21.6 Å². The van der Waals surface area contributed by atoms with Crippen molar-refractivity contribution in [3.8, 4) is 0 Å². The molecule has 0 unspecified atom stereocenters. The maximum absolute atomic E-state index is 13.2. The Balaban J connectivity index is 1.78. The highest BCUT2D eigenvalue weighted by Crippen LogP contribution is 2.33. The monoisotopic (exact) mass is 479 g/mol. The molecule has 1 aromatic heterocycles. The van der Waals surface area contributed by atoms with Crippen molar-refractivity contribution >= 4 is 37.1 Å². The fourth-order valence-corrected chi connectivity index (χ4v) is 5.79. The van der Waals surface area contributed by atoms with Gasteiger partial charge in [-0.15, -0.1) is 0 Å². The van der Waals surface area contributed by atoms with Crippen molar-refractivity contribution in [2.45, 2.75) is 50.3 Å². The third kappa shape index (κ3) is 5.86. The van der Waals surface area contributed by atoms with Crippen LogP contribution in [0, 0.1) is 0 Å². The van der Waals surface area contributed by atoms with E-state index in [1.54, 1.807) is 18.2 Å². The second-order valence-electron chi connectivity index (χ2n) is 8.03.